The lowest BCUT2D eigenvalue weighted by molar-refractivity contribution is -0.139. The first-order valence-corrected chi connectivity index (χ1v) is 14.2. The third kappa shape index (κ3) is 5.65. The second kappa shape index (κ2) is 10.1. The van der Waals surface area contributed by atoms with E-state index in [2.05, 4.69) is 25.0 Å². The molecule has 204 valence electrons. The van der Waals surface area contributed by atoms with Gasteiger partial charge in [0.1, 0.15) is 6.04 Å². The molecule has 0 spiro atoms. The van der Waals surface area contributed by atoms with E-state index in [-0.39, 0.29) is 16.8 Å². The van der Waals surface area contributed by atoms with Gasteiger partial charge in [0.05, 0.1) is 22.3 Å². The third-order valence-electron chi connectivity index (χ3n) is 6.58. The van der Waals surface area contributed by atoms with Crippen molar-refractivity contribution in [3.63, 3.8) is 0 Å². The second-order valence-corrected chi connectivity index (χ2v) is 12.6. The van der Waals surface area contributed by atoms with Crippen LogP contribution in [0.15, 0.2) is 71.8 Å². The van der Waals surface area contributed by atoms with Gasteiger partial charge in [0.15, 0.2) is 0 Å². The van der Waals surface area contributed by atoms with Crippen LogP contribution in [0.5, 0.6) is 0 Å². The zero-order valence-corrected chi connectivity index (χ0v) is 23.5. The minimum atomic E-state index is -3.69. The molecule has 10 nitrogen and oxygen atoms in total. The molecule has 0 radical (unpaired) electrons. The predicted molar refractivity (Wildman–Crippen MR) is 151 cm³/mol. The number of sulfonamides is 1. The number of hydrogen-bond donors (Lipinski definition) is 2. The monoisotopic (exact) mass is 547 g/mol. The number of carbonyl (C=O) groups is 1. The summed E-state index contributed by atoms with van der Waals surface area (Å²) in [6.07, 6.45) is 1.71. The molecule has 2 aromatic carbocycles. The van der Waals surface area contributed by atoms with Crippen LogP contribution < -0.4 is 10.0 Å². The van der Waals surface area contributed by atoms with E-state index in [1.165, 1.54) is 0 Å². The number of carbonyl (C=O) groups excluding carboxylic acids is 1. The van der Waals surface area contributed by atoms with Gasteiger partial charge >= 0.3 is 0 Å². The lowest BCUT2D eigenvalue weighted by Crippen LogP contribution is -2.48. The number of nitrogens with one attached hydrogen (secondary N) is 2. The fourth-order valence-corrected chi connectivity index (χ4v) is 6.18. The van der Waals surface area contributed by atoms with Gasteiger partial charge in [-0.25, -0.2) is 22.6 Å². The van der Waals surface area contributed by atoms with Gasteiger partial charge in [-0.1, -0.05) is 24.3 Å². The molecule has 4 aromatic rings. The molecular formula is C28H33N7O3S. The summed E-state index contributed by atoms with van der Waals surface area (Å²) in [4.78, 5) is 21.3. The molecular weight excluding hydrogens is 514 g/mol. The molecule has 1 saturated heterocycles. The van der Waals surface area contributed by atoms with Gasteiger partial charge in [-0.05, 0) is 69.8 Å². The molecule has 1 fully saturated rings. The minimum absolute atomic E-state index is 0.0671. The first-order valence-electron chi connectivity index (χ1n) is 12.7. The topological polar surface area (TPSA) is 112 Å². The number of nitrogens with zero attached hydrogens (tertiary/aromatic N) is 5. The number of benzene rings is 2. The molecule has 39 heavy (non-hydrogen) atoms. The van der Waals surface area contributed by atoms with Crippen molar-refractivity contribution in [3.8, 4) is 11.3 Å². The molecule has 0 aliphatic carbocycles. The van der Waals surface area contributed by atoms with Crippen LogP contribution >= 0.6 is 0 Å². The Bertz CT molecular complexity index is 1640. The Balaban J connectivity index is 1.45. The Morgan fingerprint density at radius 2 is 1.74 bits per heavy atom. The zero-order chi connectivity index (χ0) is 27.9. The maximum absolute atomic E-state index is 12.9. The molecule has 1 atom stereocenters. The largest absolute Gasteiger partial charge is 0.343 e. The normalized spacial score (nSPS) is 17.1. The highest BCUT2D eigenvalue weighted by atomic mass is 32.2. The van der Waals surface area contributed by atoms with Gasteiger partial charge in [-0.2, -0.15) is 0 Å². The average molecular weight is 548 g/mol. The molecule has 3 heterocycles. The number of piperazine rings is 1. The van der Waals surface area contributed by atoms with Crippen LogP contribution in [0.4, 0.5) is 11.6 Å². The summed E-state index contributed by atoms with van der Waals surface area (Å²) >= 11 is 0. The number of rotatable bonds is 6. The molecule has 5 rings (SSSR count). The van der Waals surface area contributed by atoms with E-state index in [1.54, 1.807) is 54.6 Å². The van der Waals surface area contributed by atoms with Gasteiger partial charge in [0, 0.05) is 36.9 Å². The molecule has 0 saturated carbocycles. The van der Waals surface area contributed by atoms with Crippen molar-refractivity contribution in [2.24, 2.45) is 0 Å². The fraction of sp³-hybridized carbons (Fsp3) is 0.321. The van der Waals surface area contributed by atoms with Crippen LogP contribution in [0, 0.1) is 0 Å². The summed E-state index contributed by atoms with van der Waals surface area (Å²) in [7, 11) is 0.0925. The van der Waals surface area contributed by atoms with Crippen LogP contribution in [-0.4, -0.2) is 71.4 Å². The number of fused-ring (bicyclic) bond motifs is 1. The lowest BCUT2D eigenvalue weighted by Gasteiger charge is -2.37. The molecule has 1 aliphatic heterocycles. The standard InChI is InChI=1S/C28H33N7O3S/c1-28(2,3)32-39(37,38)23-11-7-8-19(17-23)24-13-12-22-18-29-27(31-35(22)24)30-21-10-6-9-20(16-21)25-26(36)34(5)15-14-33(25)4/h6-13,16-18,25,32H,14-15H2,1-5H3,(H,30,31). The van der Waals surface area contributed by atoms with Gasteiger partial charge in [-0.3, -0.25) is 9.69 Å². The summed E-state index contributed by atoms with van der Waals surface area (Å²) in [5.41, 5.74) is 3.26. The van der Waals surface area contributed by atoms with Crippen LogP contribution in [0.1, 0.15) is 32.4 Å². The first kappa shape index (κ1) is 26.8. The summed E-state index contributed by atoms with van der Waals surface area (Å²) < 4.78 is 30.2. The van der Waals surface area contributed by atoms with E-state index in [1.807, 2.05) is 56.6 Å². The Hall–Kier alpha value is -3.80. The molecule has 1 unspecified atom stereocenters. The van der Waals surface area contributed by atoms with E-state index in [0.29, 0.717) is 18.1 Å². The van der Waals surface area contributed by atoms with Crippen molar-refractivity contribution >= 4 is 33.1 Å². The minimum Gasteiger partial charge on any atom is -0.343 e. The van der Waals surface area contributed by atoms with E-state index >= 15 is 0 Å². The van der Waals surface area contributed by atoms with Crippen molar-refractivity contribution in [3.05, 3.63) is 72.4 Å². The summed E-state index contributed by atoms with van der Waals surface area (Å²) in [5.74, 6) is 0.438. The highest BCUT2D eigenvalue weighted by Crippen LogP contribution is 2.28. The van der Waals surface area contributed by atoms with Crippen LogP contribution in [-0.2, 0) is 14.8 Å². The Morgan fingerprint density at radius 1 is 0.974 bits per heavy atom. The zero-order valence-electron chi connectivity index (χ0n) is 22.7. The van der Waals surface area contributed by atoms with Crippen molar-refractivity contribution in [2.45, 2.75) is 37.2 Å². The summed E-state index contributed by atoms with van der Waals surface area (Å²) in [6, 6.07) is 17.9. The molecule has 2 aromatic heterocycles. The van der Waals surface area contributed by atoms with E-state index in [4.69, 9.17) is 0 Å². The molecule has 1 amide bonds. The van der Waals surface area contributed by atoms with Crippen molar-refractivity contribution in [1.82, 2.24) is 29.1 Å². The second-order valence-electron chi connectivity index (χ2n) is 10.9. The SMILES string of the molecule is CN1CCN(C)C(c2cccc(Nc3ncc4ccc(-c5cccc(S(=O)(=O)NC(C)(C)C)c5)n4n3)c2)C1=O. The van der Waals surface area contributed by atoms with Crippen LogP contribution in [0.3, 0.4) is 0 Å². The predicted octanol–water partition coefficient (Wildman–Crippen LogP) is 3.66. The summed E-state index contributed by atoms with van der Waals surface area (Å²) in [5, 5.41) is 7.94. The van der Waals surface area contributed by atoms with E-state index in [9.17, 15) is 13.2 Å². The quantitative estimate of drug-likeness (QED) is 0.379. The maximum atomic E-state index is 12.9. The highest BCUT2D eigenvalue weighted by Gasteiger charge is 2.32. The molecule has 1 aliphatic rings. The maximum Gasteiger partial charge on any atom is 0.245 e. The van der Waals surface area contributed by atoms with Gasteiger partial charge in [0.2, 0.25) is 21.9 Å². The van der Waals surface area contributed by atoms with Crippen molar-refractivity contribution < 1.29 is 13.2 Å². The number of likely N-dealkylation sites (N-methyl/N-ethyl adjacent to an activating group) is 2. The van der Waals surface area contributed by atoms with Gasteiger partial charge in [-0.15, -0.1) is 5.10 Å². The lowest BCUT2D eigenvalue weighted by atomic mass is 10.0. The van der Waals surface area contributed by atoms with Crippen LogP contribution in [0.25, 0.3) is 16.8 Å². The molecule has 0 bridgehead atoms. The molecule has 2 N–H and O–H groups in total. The Labute approximate surface area is 228 Å². The first-order chi connectivity index (χ1) is 18.4. The van der Waals surface area contributed by atoms with Crippen LogP contribution in [0.2, 0.25) is 0 Å². The van der Waals surface area contributed by atoms with E-state index in [0.717, 1.165) is 29.0 Å². The average Bonchev–Trinajstić information content (AvgIpc) is 3.29. The molecule has 11 heteroatoms. The van der Waals surface area contributed by atoms with Crippen molar-refractivity contribution in [1.29, 1.82) is 0 Å². The van der Waals surface area contributed by atoms with Gasteiger partial charge in [0.25, 0.3) is 0 Å². The van der Waals surface area contributed by atoms with Crippen molar-refractivity contribution in [2.75, 3.05) is 32.5 Å². The number of anilines is 2. The Morgan fingerprint density at radius 3 is 2.51 bits per heavy atom. The fourth-order valence-electron chi connectivity index (χ4n) is 4.72. The summed E-state index contributed by atoms with van der Waals surface area (Å²) in [6.45, 7) is 6.92. The van der Waals surface area contributed by atoms with Gasteiger partial charge < -0.3 is 10.2 Å². The smallest absolute Gasteiger partial charge is 0.245 e. The Kier molecular flexibility index (Phi) is 6.91. The van der Waals surface area contributed by atoms with E-state index < -0.39 is 15.6 Å². The highest BCUT2D eigenvalue weighted by molar-refractivity contribution is 7.89. The number of amides is 1. The number of hydrogen-bond acceptors (Lipinski definition) is 7. The third-order valence-corrected chi connectivity index (χ3v) is 8.33. The number of aromatic nitrogens is 3.